The van der Waals surface area contributed by atoms with E-state index < -0.39 is 10.2 Å². The first-order chi connectivity index (χ1) is 12.2. The number of aryl methyl sites for hydroxylation is 2. The number of piperidine rings is 1. The highest BCUT2D eigenvalue weighted by Gasteiger charge is 2.41. The Morgan fingerprint density at radius 2 is 1.88 bits per heavy atom. The van der Waals surface area contributed by atoms with Crippen LogP contribution in [0.3, 0.4) is 0 Å². The van der Waals surface area contributed by atoms with Crippen LogP contribution in [0.15, 0.2) is 18.2 Å². The Balaban J connectivity index is 1.78. The van der Waals surface area contributed by atoms with Crippen LogP contribution in [0.25, 0.3) is 0 Å². The molecule has 1 aromatic carbocycles. The Bertz CT molecular complexity index is 791. The minimum absolute atomic E-state index is 0.0268. The van der Waals surface area contributed by atoms with Crippen molar-refractivity contribution in [3.8, 4) is 0 Å². The van der Waals surface area contributed by atoms with Crippen molar-refractivity contribution in [3.63, 3.8) is 0 Å². The molecule has 3 heterocycles. The van der Waals surface area contributed by atoms with E-state index in [1.807, 2.05) is 18.7 Å². The molecule has 0 N–H and O–H groups in total. The highest BCUT2D eigenvalue weighted by Crippen LogP contribution is 2.30. The van der Waals surface area contributed by atoms with Crippen molar-refractivity contribution < 1.29 is 13.2 Å². The lowest BCUT2D eigenvalue weighted by Gasteiger charge is -2.36. The quantitative estimate of drug-likeness (QED) is 0.798. The molecule has 0 spiro atoms. The maximum atomic E-state index is 13.0. The molecule has 2 atom stereocenters. The summed E-state index contributed by atoms with van der Waals surface area (Å²) >= 11 is 0. The molecule has 3 aliphatic rings. The molecule has 0 radical (unpaired) electrons. The third-order valence-corrected chi connectivity index (χ3v) is 7.51. The molecule has 0 aliphatic carbocycles. The Hall–Kier alpha value is -1.44. The van der Waals surface area contributed by atoms with Gasteiger partial charge in [-0.15, -0.1) is 0 Å². The minimum Gasteiger partial charge on any atom is -0.338 e. The predicted molar refractivity (Wildman–Crippen MR) is 102 cm³/mol. The van der Waals surface area contributed by atoms with Crippen LogP contribution in [0.1, 0.15) is 29.5 Å². The molecule has 3 aliphatic heterocycles. The largest absolute Gasteiger partial charge is 0.338 e. The van der Waals surface area contributed by atoms with Gasteiger partial charge in [0.1, 0.15) is 0 Å². The van der Waals surface area contributed by atoms with E-state index in [-0.39, 0.29) is 17.9 Å². The summed E-state index contributed by atoms with van der Waals surface area (Å²) in [6, 6.07) is 6.16. The third kappa shape index (κ3) is 3.80. The molecule has 0 unspecified atom stereocenters. The average Bonchev–Trinajstić information content (AvgIpc) is 2.90. The van der Waals surface area contributed by atoms with Crippen molar-refractivity contribution >= 4 is 16.1 Å². The van der Waals surface area contributed by atoms with Crippen LogP contribution in [0.4, 0.5) is 0 Å². The number of carbonyl (C=O) groups is 1. The van der Waals surface area contributed by atoms with E-state index >= 15 is 0 Å². The van der Waals surface area contributed by atoms with E-state index in [2.05, 4.69) is 18.2 Å². The summed E-state index contributed by atoms with van der Waals surface area (Å²) < 4.78 is 27.9. The topological polar surface area (TPSA) is 60.9 Å². The first-order valence-corrected chi connectivity index (χ1v) is 10.6. The average molecular weight is 380 g/mol. The van der Waals surface area contributed by atoms with Crippen LogP contribution >= 0.6 is 0 Å². The molecular formula is C19H29N3O3S. The summed E-state index contributed by atoms with van der Waals surface area (Å²) in [6.45, 7) is 5.63. The summed E-state index contributed by atoms with van der Waals surface area (Å²) in [4.78, 5) is 14.9. The lowest BCUT2D eigenvalue weighted by atomic mass is 9.94. The normalized spacial score (nSPS) is 24.1. The van der Waals surface area contributed by atoms with Crippen molar-refractivity contribution in [2.45, 2.75) is 39.2 Å². The van der Waals surface area contributed by atoms with Crippen molar-refractivity contribution in [3.05, 3.63) is 34.9 Å². The van der Waals surface area contributed by atoms with Crippen LogP contribution in [0, 0.1) is 19.8 Å². The second-order valence-corrected chi connectivity index (χ2v) is 10.00. The van der Waals surface area contributed by atoms with Gasteiger partial charge in [-0.3, -0.25) is 4.79 Å². The summed E-state index contributed by atoms with van der Waals surface area (Å²) in [7, 11) is -0.319. The number of carbonyl (C=O) groups excluding carboxylic acids is 1. The summed E-state index contributed by atoms with van der Waals surface area (Å²) in [5.41, 5.74) is 3.34. The van der Waals surface area contributed by atoms with Crippen molar-refractivity contribution in [1.29, 1.82) is 0 Å². The Labute approximate surface area is 157 Å². The highest BCUT2D eigenvalue weighted by atomic mass is 32.2. The third-order valence-electron chi connectivity index (χ3n) is 5.63. The molecule has 0 aromatic heterocycles. The SMILES string of the molecule is Cc1ccc(C)c(CC(=O)N2C[C@H]3CC[C@@H]2CN(S(=O)(=O)N(C)C)C3)c1. The summed E-state index contributed by atoms with van der Waals surface area (Å²) in [6.07, 6.45) is 2.25. The van der Waals surface area contributed by atoms with Gasteiger partial charge in [0.15, 0.2) is 0 Å². The van der Waals surface area contributed by atoms with Gasteiger partial charge in [-0.2, -0.15) is 17.0 Å². The molecule has 4 rings (SSSR count). The standard InChI is InChI=1S/C19H29N3O3S/c1-14-5-6-15(2)17(9-14)10-19(23)22-12-16-7-8-18(22)13-21(11-16)26(24,25)20(3)4/h5-6,9,16,18H,7-8,10-13H2,1-4H3/t16-,18+/m0/s1. The van der Waals surface area contributed by atoms with Gasteiger partial charge in [0.25, 0.3) is 10.2 Å². The minimum atomic E-state index is -3.44. The molecule has 3 fully saturated rings. The van der Waals surface area contributed by atoms with Gasteiger partial charge in [0.2, 0.25) is 5.91 Å². The van der Waals surface area contributed by atoms with E-state index in [0.717, 1.165) is 29.5 Å². The molecule has 1 aromatic rings. The van der Waals surface area contributed by atoms with Crippen LogP contribution in [0.2, 0.25) is 0 Å². The molecular weight excluding hydrogens is 350 g/mol. The molecule has 6 nitrogen and oxygen atoms in total. The monoisotopic (exact) mass is 379 g/mol. The van der Waals surface area contributed by atoms with Gasteiger partial charge < -0.3 is 4.90 Å². The molecule has 144 valence electrons. The number of fused-ring (bicyclic) bond motifs is 4. The lowest BCUT2D eigenvalue weighted by Crippen LogP contribution is -2.49. The molecule has 2 bridgehead atoms. The number of hydrogen-bond donors (Lipinski definition) is 0. The van der Waals surface area contributed by atoms with Gasteiger partial charge in [0.05, 0.1) is 6.42 Å². The maximum Gasteiger partial charge on any atom is 0.281 e. The van der Waals surface area contributed by atoms with E-state index in [1.54, 1.807) is 18.4 Å². The van der Waals surface area contributed by atoms with E-state index in [0.29, 0.717) is 26.1 Å². The van der Waals surface area contributed by atoms with Crippen LogP contribution < -0.4 is 0 Å². The molecule has 3 saturated heterocycles. The number of benzene rings is 1. The Kier molecular flexibility index (Phi) is 5.42. The molecule has 1 amide bonds. The summed E-state index contributed by atoms with van der Waals surface area (Å²) in [5.74, 6) is 0.323. The smallest absolute Gasteiger partial charge is 0.281 e. The van der Waals surface area contributed by atoms with Crippen LogP contribution in [0.5, 0.6) is 0 Å². The first kappa shape index (κ1) is 19.3. The fourth-order valence-electron chi connectivity index (χ4n) is 4.02. The highest BCUT2D eigenvalue weighted by molar-refractivity contribution is 7.86. The van der Waals surface area contributed by atoms with E-state index in [4.69, 9.17) is 0 Å². The van der Waals surface area contributed by atoms with Gasteiger partial charge in [-0.25, -0.2) is 0 Å². The number of amides is 1. The van der Waals surface area contributed by atoms with Gasteiger partial charge in [-0.05, 0) is 43.7 Å². The van der Waals surface area contributed by atoms with Crippen molar-refractivity contribution in [2.24, 2.45) is 5.92 Å². The van der Waals surface area contributed by atoms with Gasteiger partial charge >= 0.3 is 0 Å². The molecule has 7 heteroatoms. The van der Waals surface area contributed by atoms with E-state index in [1.165, 1.54) is 4.31 Å². The van der Waals surface area contributed by atoms with Gasteiger partial charge in [0, 0.05) is 39.8 Å². The first-order valence-electron chi connectivity index (χ1n) is 9.21. The predicted octanol–water partition coefficient (Wildman–Crippen LogP) is 1.58. The fourth-order valence-corrected chi connectivity index (χ4v) is 5.24. The van der Waals surface area contributed by atoms with Crippen LogP contribution in [-0.2, 0) is 21.4 Å². The Morgan fingerprint density at radius 3 is 2.58 bits per heavy atom. The molecule has 0 saturated carbocycles. The van der Waals surface area contributed by atoms with Crippen molar-refractivity contribution in [1.82, 2.24) is 13.5 Å². The van der Waals surface area contributed by atoms with Gasteiger partial charge in [-0.1, -0.05) is 23.8 Å². The van der Waals surface area contributed by atoms with E-state index in [9.17, 15) is 13.2 Å². The zero-order valence-electron chi connectivity index (χ0n) is 16.1. The maximum absolute atomic E-state index is 13.0. The second kappa shape index (κ2) is 7.29. The number of hydrogen-bond acceptors (Lipinski definition) is 3. The Morgan fingerprint density at radius 1 is 1.15 bits per heavy atom. The second-order valence-electron chi connectivity index (χ2n) is 7.86. The van der Waals surface area contributed by atoms with Crippen molar-refractivity contribution in [2.75, 3.05) is 33.7 Å². The fraction of sp³-hybridized carbons (Fsp3) is 0.632. The zero-order chi connectivity index (χ0) is 19.1. The zero-order valence-corrected chi connectivity index (χ0v) is 16.9. The summed E-state index contributed by atoms with van der Waals surface area (Å²) in [5, 5.41) is 0. The number of rotatable bonds is 4. The lowest BCUT2D eigenvalue weighted by molar-refractivity contribution is -0.134. The van der Waals surface area contributed by atoms with Crippen LogP contribution in [-0.4, -0.2) is 67.6 Å². The molecule has 26 heavy (non-hydrogen) atoms. The number of nitrogens with zero attached hydrogens (tertiary/aromatic N) is 3.